The van der Waals surface area contributed by atoms with Crippen molar-refractivity contribution in [2.75, 3.05) is 5.32 Å². The van der Waals surface area contributed by atoms with Crippen LogP contribution in [0.1, 0.15) is 21.6 Å². The number of aryl methyl sites for hydroxylation is 1. The molecule has 5 nitrogen and oxygen atoms in total. The number of halogens is 2. The average molecular weight is 270 g/mol. The third-order valence-corrected chi connectivity index (χ3v) is 2.74. The zero-order valence-electron chi connectivity index (χ0n) is 9.62. The maximum absolute atomic E-state index is 13.0. The first-order valence-corrected chi connectivity index (χ1v) is 5.42. The highest BCUT2D eigenvalue weighted by Crippen LogP contribution is 2.20. The lowest BCUT2D eigenvalue weighted by Gasteiger charge is -2.03. The predicted octanol–water partition coefficient (Wildman–Crippen LogP) is 2.73. The van der Waals surface area contributed by atoms with Crippen molar-refractivity contribution in [2.24, 2.45) is 0 Å². The first kappa shape index (κ1) is 12.5. The molecule has 94 valence electrons. The molecule has 0 saturated carbocycles. The monoisotopic (exact) mass is 269 g/mol. The topological polar surface area (TPSA) is 68.0 Å². The zero-order chi connectivity index (χ0) is 13.3. The van der Waals surface area contributed by atoms with Gasteiger partial charge in [-0.15, -0.1) is 0 Å². The minimum absolute atomic E-state index is 0.0647. The Morgan fingerprint density at radius 1 is 1.50 bits per heavy atom. The maximum Gasteiger partial charge on any atom is 0.261 e. The van der Waals surface area contributed by atoms with Crippen LogP contribution in [0.15, 0.2) is 16.8 Å². The minimum atomic E-state index is -0.643. The van der Waals surface area contributed by atoms with Gasteiger partial charge in [0.1, 0.15) is 11.0 Å². The number of amides is 1. The molecule has 0 aliphatic rings. The molecule has 18 heavy (non-hydrogen) atoms. The molecule has 0 radical (unpaired) electrons. The van der Waals surface area contributed by atoms with Gasteiger partial charge in [-0.1, -0.05) is 16.8 Å². The van der Waals surface area contributed by atoms with Crippen LogP contribution in [0.2, 0.25) is 5.15 Å². The zero-order valence-corrected chi connectivity index (χ0v) is 10.4. The van der Waals surface area contributed by atoms with E-state index in [1.165, 1.54) is 0 Å². The molecule has 0 aliphatic heterocycles. The molecule has 2 aromatic heterocycles. The number of nitrogens with one attached hydrogen (secondary N) is 1. The van der Waals surface area contributed by atoms with Crippen LogP contribution in [0.25, 0.3) is 0 Å². The Kier molecular flexibility index (Phi) is 3.29. The Hall–Kier alpha value is -1.95. The Labute approximate surface area is 107 Å². The number of aromatic nitrogens is 2. The SMILES string of the molecule is Cc1noc(NC(=O)c2cc(F)cnc2Cl)c1C. The first-order chi connectivity index (χ1) is 8.49. The van der Waals surface area contributed by atoms with E-state index in [0.29, 0.717) is 11.3 Å². The van der Waals surface area contributed by atoms with Crippen LogP contribution in [-0.4, -0.2) is 16.0 Å². The van der Waals surface area contributed by atoms with E-state index in [0.717, 1.165) is 12.3 Å². The lowest BCUT2D eigenvalue weighted by Crippen LogP contribution is -2.13. The minimum Gasteiger partial charge on any atom is -0.338 e. The average Bonchev–Trinajstić information content (AvgIpc) is 2.64. The van der Waals surface area contributed by atoms with Gasteiger partial charge in [-0.25, -0.2) is 9.37 Å². The molecule has 0 aromatic carbocycles. The summed E-state index contributed by atoms with van der Waals surface area (Å²) < 4.78 is 17.9. The van der Waals surface area contributed by atoms with Crippen LogP contribution in [-0.2, 0) is 0 Å². The summed E-state index contributed by atoms with van der Waals surface area (Å²) in [6, 6.07) is 1.00. The highest BCUT2D eigenvalue weighted by Gasteiger charge is 2.17. The molecule has 1 amide bonds. The van der Waals surface area contributed by atoms with Gasteiger partial charge < -0.3 is 4.52 Å². The van der Waals surface area contributed by atoms with E-state index in [1.54, 1.807) is 13.8 Å². The lowest BCUT2D eigenvalue weighted by atomic mass is 10.2. The number of hydrogen-bond acceptors (Lipinski definition) is 4. The van der Waals surface area contributed by atoms with Crippen molar-refractivity contribution < 1.29 is 13.7 Å². The number of anilines is 1. The first-order valence-electron chi connectivity index (χ1n) is 5.04. The fourth-order valence-corrected chi connectivity index (χ4v) is 1.47. The molecule has 0 aliphatic carbocycles. The summed E-state index contributed by atoms with van der Waals surface area (Å²) in [4.78, 5) is 15.4. The number of pyridine rings is 1. The number of nitrogens with zero attached hydrogens (tertiary/aromatic N) is 2. The van der Waals surface area contributed by atoms with Crippen LogP contribution < -0.4 is 5.32 Å². The normalized spacial score (nSPS) is 10.4. The highest BCUT2D eigenvalue weighted by atomic mass is 35.5. The van der Waals surface area contributed by atoms with Gasteiger partial charge in [0, 0.05) is 5.56 Å². The third-order valence-electron chi connectivity index (χ3n) is 2.43. The van der Waals surface area contributed by atoms with Crippen molar-refractivity contribution in [2.45, 2.75) is 13.8 Å². The smallest absolute Gasteiger partial charge is 0.261 e. The summed E-state index contributed by atoms with van der Waals surface area (Å²) in [6.07, 6.45) is 0.933. The summed E-state index contributed by atoms with van der Waals surface area (Å²) in [5.41, 5.74) is 1.29. The fraction of sp³-hybridized carbons (Fsp3) is 0.182. The molecule has 2 heterocycles. The molecule has 7 heteroatoms. The van der Waals surface area contributed by atoms with Crippen molar-refractivity contribution in [3.63, 3.8) is 0 Å². The van der Waals surface area contributed by atoms with Crippen molar-refractivity contribution in [1.82, 2.24) is 10.1 Å². The molecular weight excluding hydrogens is 261 g/mol. The van der Waals surface area contributed by atoms with Crippen molar-refractivity contribution in [3.05, 3.63) is 40.1 Å². The molecule has 2 aromatic rings. The Morgan fingerprint density at radius 3 is 2.83 bits per heavy atom. The van der Waals surface area contributed by atoms with Crippen molar-refractivity contribution in [3.8, 4) is 0 Å². The maximum atomic E-state index is 13.0. The molecule has 0 spiro atoms. The van der Waals surface area contributed by atoms with E-state index in [1.807, 2.05) is 0 Å². The largest absolute Gasteiger partial charge is 0.338 e. The summed E-state index contributed by atoms with van der Waals surface area (Å²) in [6.45, 7) is 3.48. The lowest BCUT2D eigenvalue weighted by molar-refractivity contribution is 0.102. The molecule has 1 N–H and O–H groups in total. The van der Waals surface area contributed by atoms with Gasteiger partial charge in [0.2, 0.25) is 5.88 Å². The van der Waals surface area contributed by atoms with Gasteiger partial charge in [-0.05, 0) is 19.9 Å². The molecular formula is C11H9ClFN3O2. The fourth-order valence-electron chi connectivity index (χ4n) is 1.28. The van der Waals surface area contributed by atoms with Crippen LogP contribution >= 0.6 is 11.6 Å². The number of carbonyl (C=O) groups excluding carboxylic acids is 1. The summed E-state index contributed by atoms with van der Waals surface area (Å²) >= 11 is 5.72. The van der Waals surface area contributed by atoms with Crippen molar-refractivity contribution >= 4 is 23.4 Å². The van der Waals surface area contributed by atoms with Gasteiger partial charge in [0.05, 0.1) is 17.5 Å². The number of carbonyl (C=O) groups is 1. The Morgan fingerprint density at radius 2 is 2.22 bits per heavy atom. The quantitative estimate of drug-likeness (QED) is 0.851. The second-order valence-corrected chi connectivity index (χ2v) is 4.03. The standard InChI is InChI=1S/C11H9ClFN3O2/c1-5-6(2)16-18-11(5)15-10(17)8-3-7(13)4-14-9(8)12/h3-4H,1-2H3,(H,15,17). The predicted molar refractivity (Wildman–Crippen MR) is 63.1 cm³/mol. The molecule has 0 fully saturated rings. The van der Waals surface area contributed by atoms with Crippen LogP contribution in [0.4, 0.5) is 10.3 Å². The van der Waals surface area contributed by atoms with E-state index in [-0.39, 0.29) is 16.6 Å². The van der Waals surface area contributed by atoms with Gasteiger partial charge in [0.15, 0.2) is 0 Å². The summed E-state index contributed by atoms with van der Waals surface area (Å²) in [5.74, 6) is -1.04. The Balaban J connectivity index is 2.27. The van der Waals surface area contributed by atoms with Gasteiger partial charge in [0.25, 0.3) is 5.91 Å². The summed E-state index contributed by atoms with van der Waals surface area (Å²) in [5, 5.41) is 6.07. The second-order valence-electron chi connectivity index (χ2n) is 3.67. The van der Waals surface area contributed by atoms with E-state index in [4.69, 9.17) is 16.1 Å². The number of hydrogen-bond donors (Lipinski definition) is 1. The molecule has 2 rings (SSSR count). The van der Waals surface area contributed by atoms with Gasteiger partial charge in [-0.2, -0.15) is 0 Å². The number of rotatable bonds is 2. The molecule has 0 saturated heterocycles. The van der Waals surface area contributed by atoms with Gasteiger partial charge >= 0.3 is 0 Å². The van der Waals surface area contributed by atoms with Crippen LogP contribution in [0.5, 0.6) is 0 Å². The van der Waals surface area contributed by atoms with E-state index in [9.17, 15) is 9.18 Å². The van der Waals surface area contributed by atoms with E-state index < -0.39 is 11.7 Å². The van der Waals surface area contributed by atoms with Gasteiger partial charge in [-0.3, -0.25) is 10.1 Å². The second kappa shape index (κ2) is 4.73. The van der Waals surface area contributed by atoms with Crippen molar-refractivity contribution in [1.29, 1.82) is 0 Å². The van der Waals surface area contributed by atoms with E-state index >= 15 is 0 Å². The summed E-state index contributed by atoms with van der Waals surface area (Å²) in [7, 11) is 0. The van der Waals surface area contributed by atoms with Crippen LogP contribution in [0, 0.1) is 19.7 Å². The molecule has 0 bridgehead atoms. The third kappa shape index (κ3) is 2.33. The van der Waals surface area contributed by atoms with Crippen LogP contribution in [0.3, 0.4) is 0 Å². The molecule has 0 atom stereocenters. The van der Waals surface area contributed by atoms with E-state index in [2.05, 4.69) is 15.5 Å². The highest BCUT2D eigenvalue weighted by molar-refractivity contribution is 6.33. The molecule has 0 unspecified atom stereocenters. The Bertz CT molecular complexity index is 612.